The van der Waals surface area contributed by atoms with Gasteiger partial charge in [0.25, 0.3) is 0 Å². The molecule has 3 N–H and O–H groups in total. The zero-order valence-electron chi connectivity index (χ0n) is 15.0. The summed E-state index contributed by atoms with van der Waals surface area (Å²) in [5, 5.41) is 7.52. The Morgan fingerprint density at radius 2 is 2.07 bits per heavy atom. The average molecular weight is 544 g/mol. The largest absolute Gasteiger partial charge is 0.357 e. The minimum Gasteiger partial charge on any atom is -0.357 e. The third-order valence-corrected chi connectivity index (χ3v) is 5.79. The minimum atomic E-state index is -3.59. The molecule has 0 radical (unpaired) electrons. The van der Waals surface area contributed by atoms with Gasteiger partial charge in [-0.2, -0.15) is 0 Å². The van der Waals surface area contributed by atoms with Gasteiger partial charge in [0.05, 0.1) is 11.4 Å². The number of aliphatic imine (C=N–C) groups is 1. The second-order valence-electron chi connectivity index (χ2n) is 5.34. The van der Waals surface area contributed by atoms with Gasteiger partial charge in [-0.05, 0) is 32.0 Å². The van der Waals surface area contributed by atoms with Crippen molar-refractivity contribution in [1.82, 2.24) is 20.3 Å². The van der Waals surface area contributed by atoms with E-state index in [9.17, 15) is 8.42 Å². The molecule has 7 nitrogen and oxygen atoms in total. The molecule has 0 saturated carbocycles. The van der Waals surface area contributed by atoms with Crippen LogP contribution in [0.1, 0.15) is 16.8 Å². The van der Waals surface area contributed by atoms with Gasteiger partial charge in [-0.3, -0.25) is 0 Å². The molecule has 11 heteroatoms. The van der Waals surface area contributed by atoms with Crippen molar-refractivity contribution >= 4 is 62.9 Å². The summed E-state index contributed by atoms with van der Waals surface area (Å²) < 4.78 is 27.0. The first kappa shape index (κ1) is 24.1. The van der Waals surface area contributed by atoms with E-state index >= 15 is 0 Å². The average Bonchev–Trinajstić information content (AvgIpc) is 3.02. The van der Waals surface area contributed by atoms with Crippen molar-refractivity contribution in [2.24, 2.45) is 4.99 Å². The first-order valence-electron chi connectivity index (χ1n) is 8.09. The van der Waals surface area contributed by atoms with Gasteiger partial charge in [-0.15, -0.1) is 35.3 Å². The maximum atomic E-state index is 12.2. The summed E-state index contributed by atoms with van der Waals surface area (Å²) in [5.41, 5.74) is 0. The number of sulfonamides is 1. The van der Waals surface area contributed by atoms with E-state index in [1.54, 1.807) is 23.5 Å². The van der Waals surface area contributed by atoms with Crippen molar-refractivity contribution in [3.05, 3.63) is 45.4 Å². The SMILES string of the molecule is CCNC(=NCc1ncc(C)s1)NCCNS(=O)(=O)c1cccc(Cl)c1.I. The van der Waals surface area contributed by atoms with Gasteiger partial charge in [-0.1, -0.05) is 17.7 Å². The number of hydrogen-bond donors (Lipinski definition) is 3. The second-order valence-corrected chi connectivity index (χ2v) is 8.86. The van der Waals surface area contributed by atoms with Crippen LogP contribution in [0.3, 0.4) is 0 Å². The summed E-state index contributed by atoms with van der Waals surface area (Å²) in [7, 11) is -3.59. The van der Waals surface area contributed by atoms with Gasteiger partial charge in [0.1, 0.15) is 5.01 Å². The fraction of sp³-hybridized carbons (Fsp3) is 0.375. The predicted octanol–water partition coefficient (Wildman–Crippen LogP) is 2.76. The molecule has 1 heterocycles. The van der Waals surface area contributed by atoms with Crippen LogP contribution in [0, 0.1) is 6.92 Å². The number of benzene rings is 1. The molecule has 1 aromatic heterocycles. The van der Waals surface area contributed by atoms with Gasteiger partial charge in [-0.25, -0.2) is 23.1 Å². The Balaban J connectivity index is 0.00000364. The Labute approximate surface area is 186 Å². The van der Waals surface area contributed by atoms with Gasteiger partial charge in [0, 0.05) is 35.7 Å². The number of nitrogens with one attached hydrogen (secondary N) is 3. The van der Waals surface area contributed by atoms with E-state index in [1.165, 1.54) is 12.1 Å². The van der Waals surface area contributed by atoms with Crippen LogP contribution in [0.25, 0.3) is 0 Å². The van der Waals surface area contributed by atoms with Crippen LogP contribution in [0.2, 0.25) is 5.02 Å². The highest BCUT2D eigenvalue weighted by molar-refractivity contribution is 14.0. The smallest absolute Gasteiger partial charge is 0.240 e. The highest BCUT2D eigenvalue weighted by atomic mass is 127. The predicted molar refractivity (Wildman–Crippen MR) is 122 cm³/mol. The van der Waals surface area contributed by atoms with Gasteiger partial charge < -0.3 is 10.6 Å². The molecule has 2 rings (SSSR count). The monoisotopic (exact) mass is 543 g/mol. The lowest BCUT2D eigenvalue weighted by atomic mass is 10.4. The first-order valence-corrected chi connectivity index (χ1v) is 10.8. The van der Waals surface area contributed by atoms with Gasteiger partial charge in [0.15, 0.2) is 5.96 Å². The summed E-state index contributed by atoms with van der Waals surface area (Å²) in [6.07, 6.45) is 1.82. The molecular weight excluding hydrogens is 521 g/mol. The molecule has 0 spiro atoms. The Hall–Kier alpha value is -0.950. The Morgan fingerprint density at radius 3 is 2.70 bits per heavy atom. The second kappa shape index (κ2) is 11.8. The zero-order valence-corrected chi connectivity index (χ0v) is 19.7. The Morgan fingerprint density at radius 1 is 1.30 bits per heavy atom. The fourth-order valence-corrected chi connectivity index (χ4v) is 4.09. The van der Waals surface area contributed by atoms with Crippen molar-refractivity contribution in [2.45, 2.75) is 25.3 Å². The third-order valence-electron chi connectivity index (χ3n) is 3.20. The van der Waals surface area contributed by atoms with E-state index in [0.717, 1.165) is 9.88 Å². The maximum absolute atomic E-state index is 12.2. The number of nitrogens with zero attached hydrogens (tertiary/aromatic N) is 2. The van der Waals surface area contributed by atoms with Gasteiger partial charge >= 0.3 is 0 Å². The summed E-state index contributed by atoms with van der Waals surface area (Å²) in [5.74, 6) is 0.613. The van der Waals surface area contributed by atoms with Crippen LogP contribution < -0.4 is 15.4 Å². The van der Waals surface area contributed by atoms with Crippen LogP contribution in [0.4, 0.5) is 0 Å². The van der Waals surface area contributed by atoms with E-state index < -0.39 is 10.0 Å². The van der Waals surface area contributed by atoms with Crippen molar-refractivity contribution in [2.75, 3.05) is 19.6 Å². The standard InChI is InChI=1S/C16H22ClN5O2S2.HI/c1-3-18-16(21-11-15-20-10-12(2)25-15)19-7-8-22-26(23,24)14-6-4-5-13(17)9-14;/h4-6,9-10,22H,3,7-8,11H2,1-2H3,(H2,18,19,21);1H. The maximum Gasteiger partial charge on any atom is 0.240 e. The summed E-state index contributed by atoms with van der Waals surface area (Å²) in [4.78, 5) is 10.0. The molecule has 0 bridgehead atoms. The Bertz CT molecular complexity index is 858. The van der Waals surface area contributed by atoms with Crippen LogP contribution in [-0.2, 0) is 16.6 Å². The number of thiazole rings is 1. The Kier molecular flexibility index (Phi) is 10.5. The summed E-state index contributed by atoms with van der Waals surface area (Å²) in [6.45, 7) is 5.75. The number of rotatable bonds is 8. The lowest BCUT2D eigenvalue weighted by Crippen LogP contribution is -2.41. The molecular formula is C16H23ClIN5O2S2. The minimum absolute atomic E-state index is 0. The zero-order chi connectivity index (χ0) is 19.0. The lowest BCUT2D eigenvalue weighted by Gasteiger charge is -2.12. The van der Waals surface area contributed by atoms with E-state index in [2.05, 4.69) is 25.3 Å². The number of halogens is 2. The summed E-state index contributed by atoms with van der Waals surface area (Å²) >= 11 is 7.44. The van der Waals surface area contributed by atoms with Crippen LogP contribution in [-0.4, -0.2) is 39.0 Å². The summed E-state index contributed by atoms with van der Waals surface area (Å²) in [6, 6.07) is 6.15. The molecule has 0 aliphatic heterocycles. The highest BCUT2D eigenvalue weighted by Crippen LogP contribution is 2.15. The number of aromatic nitrogens is 1. The molecule has 0 atom stereocenters. The third kappa shape index (κ3) is 8.30. The number of hydrogen-bond acceptors (Lipinski definition) is 5. The lowest BCUT2D eigenvalue weighted by molar-refractivity contribution is 0.580. The number of aryl methyl sites for hydroxylation is 1. The molecule has 0 amide bonds. The normalized spacial score (nSPS) is 11.7. The van der Waals surface area contributed by atoms with Crippen molar-refractivity contribution < 1.29 is 8.42 Å². The van der Waals surface area contributed by atoms with Crippen LogP contribution >= 0.6 is 46.9 Å². The van der Waals surface area contributed by atoms with E-state index in [1.807, 2.05) is 20.0 Å². The van der Waals surface area contributed by atoms with Crippen molar-refractivity contribution in [3.63, 3.8) is 0 Å². The molecule has 27 heavy (non-hydrogen) atoms. The van der Waals surface area contributed by atoms with Crippen molar-refractivity contribution in [3.8, 4) is 0 Å². The molecule has 1 aromatic carbocycles. The molecule has 0 fully saturated rings. The number of guanidine groups is 1. The van der Waals surface area contributed by atoms with Gasteiger partial charge in [0.2, 0.25) is 10.0 Å². The molecule has 0 saturated heterocycles. The van der Waals surface area contributed by atoms with E-state index in [4.69, 9.17) is 11.6 Å². The molecule has 150 valence electrons. The first-order chi connectivity index (χ1) is 12.4. The quantitative estimate of drug-likeness (QED) is 0.206. The van der Waals surface area contributed by atoms with Crippen LogP contribution in [0.5, 0.6) is 0 Å². The highest BCUT2D eigenvalue weighted by Gasteiger charge is 2.13. The molecule has 0 aliphatic rings. The topological polar surface area (TPSA) is 95.5 Å². The molecule has 0 aliphatic carbocycles. The molecule has 0 unspecified atom stereocenters. The van der Waals surface area contributed by atoms with Crippen molar-refractivity contribution in [1.29, 1.82) is 0 Å². The molecule has 2 aromatic rings. The van der Waals surface area contributed by atoms with E-state index in [0.29, 0.717) is 30.6 Å². The van der Waals surface area contributed by atoms with E-state index in [-0.39, 0.29) is 35.4 Å². The van der Waals surface area contributed by atoms with Crippen LogP contribution in [0.15, 0.2) is 40.4 Å². The fourth-order valence-electron chi connectivity index (χ4n) is 2.05.